The van der Waals surface area contributed by atoms with Crippen molar-refractivity contribution in [3.63, 3.8) is 0 Å². The zero-order chi connectivity index (χ0) is 15.5. The summed E-state index contributed by atoms with van der Waals surface area (Å²) in [7, 11) is 1.62. The number of benzene rings is 1. The number of nitrogens with one attached hydrogen (secondary N) is 1. The van der Waals surface area contributed by atoms with Gasteiger partial charge in [-0.2, -0.15) is 0 Å². The maximum atomic E-state index is 12.3. The smallest absolute Gasteiger partial charge is 0.287 e. The van der Waals surface area contributed by atoms with Gasteiger partial charge in [0.2, 0.25) is 0 Å². The van der Waals surface area contributed by atoms with E-state index in [0.717, 1.165) is 23.1 Å². The molecule has 0 radical (unpaired) electrons. The minimum Gasteiger partial charge on any atom is -0.497 e. The van der Waals surface area contributed by atoms with Gasteiger partial charge in [-0.25, -0.2) is 0 Å². The number of amides is 1. The van der Waals surface area contributed by atoms with Crippen LogP contribution in [0.5, 0.6) is 5.75 Å². The summed E-state index contributed by atoms with van der Waals surface area (Å²) in [5.41, 5.74) is 1.53. The van der Waals surface area contributed by atoms with Crippen molar-refractivity contribution < 1.29 is 13.9 Å². The molecule has 1 amide bonds. The molecule has 0 aliphatic carbocycles. The summed E-state index contributed by atoms with van der Waals surface area (Å²) in [5.74, 6) is 0.944. The highest BCUT2D eigenvalue weighted by Gasteiger charge is 2.17. The molecular formula is C17H17NO3S. The zero-order valence-electron chi connectivity index (χ0n) is 12.5. The summed E-state index contributed by atoms with van der Waals surface area (Å²) < 4.78 is 10.9. The molecule has 2 heterocycles. The monoisotopic (exact) mass is 315 g/mol. The molecule has 0 spiro atoms. The zero-order valence-corrected chi connectivity index (χ0v) is 13.3. The number of hydrogen-bond acceptors (Lipinski definition) is 4. The van der Waals surface area contributed by atoms with Gasteiger partial charge in [0.1, 0.15) is 11.3 Å². The lowest BCUT2D eigenvalue weighted by atomic mass is 10.1. The molecule has 0 saturated heterocycles. The van der Waals surface area contributed by atoms with E-state index in [9.17, 15) is 4.79 Å². The van der Waals surface area contributed by atoms with Gasteiger partial charge in [-0.05, 0) is 43.0 Å². The standard InChI is InChI=1S/C17H17NO3S/c1-11-14-10-12(20-2)5-6-15(14)21-16(11)17(19)18-8-7-13-4-3-9-22-13/h3-6,9-10H,7-8H2,1-2H3,(H,18,19). The predicted molar refractivity (Wildman–Crippen MR) is 87.9 cm³/mol. The van der Waals surface area contributed by atoms with E-state index in [1.54, 1.807) is 18.4 Å². The Hall–Kier alpha value is -2.27. The van der Waals surface area contributed by atoms with Crippen LogP contribution in [0.3, 0.4) is 0 Å². The van der Waals surface area contributed by atoms with Gasteiger partial charge >= 0.3 is 0 Å². The summed E-state index contributed by atoms with van der Waals surface area (Å²) in [5, 5.41) is 5.85. The molecule has 3 rings (SSSR count). The molecule has 114 valence electrons. The van der Waals surface area contributed by atoms with E-state index in [0.29, 0.717) is 17.9 Å². The Labute approximate surface area is 132 Å². The van der Waals surface area contributed by atoms with Crippen molar-refractivity contribution in [2.75, 3.05) is 13.7 Å². The second-order valence-corrected chi connectivity index (χ2v) is 6.04. The van der Waals surface area contributed by atoms with Crippen LogP contribution in [0.1, 0.15) is 21.0 Å². The van der Waals surface area contributed by atoms with Crippen LogP contribution in [0.25, 0.3) is 11.0 Å². The van der Waals surface area contributed by atoms with Crippen molar-refractivity contribution in [3.8, 4) is 5.75 Å². The van der Waals surface area contributed by atoms with Crippen LogP contribution in [0.15, 0.2) is 40.1 Å². The molecule has 1 aromatic carbocycles. The second-order valence-electron chi connectivity index (χ2n) is 5.00. The molecule has 5 heteroatoms. The van der Waals surface area contributed by atoms with Crippen molar-refractivity contribution in [1.29, 1.82) is 0 Å². The minimum atomic E-state index is -0.177. The van der Waals surface area contributed by atoms with Crippen LogP contribution in [-0.4, -0.2) is 19.6 Å². The van der Waals surface area contributed by atoms with Crippen LogP contribution in [-0.2, 0) is 6.42 Å². The fraction of sp³-hybridized carbons (Fsp3) is 0.235. The average Bonchev–Trinajstić information content (AvgIpc) is 3.15. The van der Waals surface area contributed by atoms with E-state index in [1.165, 1.54) is 4.88 Å². The topological polar surface area (TPSA) is 51.5 Å². The second kappa shape index (κ2) is 6.23. The predicted octanol–water partition coefficient (Wildman–Crippen LogP) is 3.78. The van der Waals surface area contributed by atoms with Gasteiger partial charge in [0.05, 0.1) is 7.11 Å². The lowest BCUT2D eigenvalue weighted by Gasteiger charge is -2.02. The molecule has 0 aliphatic rings. The van der Waals surface area contributed by atoms with Crippen molar-refractivity contribution in [2.24, 2.45) is 0 Å². The van der Waals surface area contributed by atoms with Gasteiger partial charge in [-0.3, -0.25) is 4.79 Å². The highest BCUT2D eigenvalue weighted by Crippen LogP contribution is 2.28. The van der Waals surface area contributed by atoms with Crippen LogP contribution in [0.4, 0.5) is 0 Å². The average molecular weight is 315 g/mol. The van der Waals surface area contributed by atoms with Crippen molar-refractivity contribution in [1.82, 2.24) is 5.32 Å². The van der Waals surface area contributed by atoms with Crippen molar-refractivity contribution in [3.05, 3.63) is 51.9 Å². The van der Waals surface area contributed by atoms with E-state index in [-0.39, 0.29) is 5.91 Å². The quantitative estimate of drug-likeness (QED) is 0.779. The number of carbonyl (C=O) groups is 1. The molecule has 22 heavy (non-hydrogen) atoms. The first kappa shape index (κ1) is 14.7. The number of furan rings is 1. The summed E-state index contributed by atoms with van der Waals surface area (Å²) in [6.45, 7) is 2.48. The number of aryl methyl sites for hydroxylation is 1. The normalized spacial score (nSPS) is 10.8. The van der Waals surface area contributed by atoms with Crippen LogP contribution in [0.2, 0.25) is 0 Å². The Morgan fingerprint density at radius 3 is 2.95 bits per heavy atom. The maximum absolute atomic E-state index is 12.3. The molecule has 3 aromatic rings. The number of rotatable bonds is 5. The molecular weight excluding hydrogens is 298 g/mol. The third kappa shape index (κ3) is 2.85. The molecule has 0 unspecified atom stereocenters. The summed E-state index contributed by atoms with van der Waals surface area (Å²) in [6, 6.07) is 9.61. The molecule has 0 fully saturated rings. The van der Waals surface area contributed by atoms with Crippen molar-refractivity contribution in [2.45, 2.75) is 13.3 Å². The lowest BCUT2D eigenvalue weighted by molar-refractivity contribution is 0.0928. The first-order valence-corrected chi connectivity index (χ1v) is 7.94. The van der Waals surface area contributed by atoms with Gasteiger partial charge in [0.25, 0.3) is 5.91 Å². The highest BCUT2D eigenvalue weighted by atomic mass is 32.1. The lowest BCUT2D eigenvalue weighted by Crippen LogP contribution is -2.25. The molecule has 2 aromatic heterocycles. The Morgan fingerprint density at radius 2 is 2.23 bits per heavy atom. The molecule has 0 aliphatic heterocycles. The Kier molecular flexibility index (Phi) is 4.15. The van der Waals surface area contributed by atoms with E-state index in [1.807, 2.05) is 36.6 Å². The summed E-state index contributed by atoms with van der Waals surface area (Å²) in [6.07, 6.45) is 0.830. The molecule has 0 atom stereocenters. The Morgan fingerprint density at radius 1 is 1.36 bits per heavy atom. The number of thiophene rings is 1. The number of methoxy groups -OCH3 is 1. The third-order valence-electron chi connectivity index (χ3n) is 3.59. The van der Waals surface area contributed by atoms with Gasteiger partial charge in [0.15, 0.2) is 5.76 Å². The number of ether oxygens (including phenoxy) is 1. The maximum Gasteiger partial charge on any atom is 0.287 e. The number of fused-ring (bicyclic) bond motifs is 1. The van der Waals surface area contributed by atoms with Crippen LogP contribution < -0.4 is 10.1 Å². The van der Waals surface area contributed by atoms with Gasteiger partial charge in [-0.1, -0.05) is 6.07 Å². The van der Waals surface area contributed by atoms with Gasteiger partial charge in [-0.15, -0.1) is 11.3 Å². The van der Waals surface area contributed by atoms with E-state index < -0.39 is 0 Å². The van der Waals surface area contributed by atoms with Crippen molar-refractivity contribution >= 4 is 28.2 Å². The molecule has 0 bridgehead atoms. The first-order valence-electron chi connectivity index (χ1n) is 7.07. The van der Waals surface area contributed by atoms with Crippen LogP contribution >= 0.6 is 11.3 Å². The summed E-state index contributed by atoms with van der Waals surface area (Å²) >= 11 is 1.69. The molecule has 1 N–H and O–H groups in total. The molecule has 4 nitrogen and oxygen atoms in total. The Bertz CT molecular complexity index is 790. The van der Waals surface area contributed by atoms with Crippen LogP contribution in [0, 0.1) is 6.92 Å². The SMILES string of the molecule is COc1ccc2oc(C(=O)NCCc3cccs3)c(C)c2c1. The Balaban J connectivity index is 1.74. The van der Waals surface area contributed by atoms with E-state index in [2.05, 4.69) is 11.4 Å². The largest absolute Gasteiger partial charge is 0.497 e. The van der Waals surface area contributed by atoms with Gasteiger partial charge in [0, 0.05) is 22.4 Å². The minimum absolute atomic E-state index is 0.177. The fourth-order valence-corrected chi connectivity index (χ4v) is 3.09. The number of carbonyl (C=O) groups excluding carboxylic acids is 1. The third-order valence-corrected chi connectivity index (χ3v) is 4.52. The molecule has 0 saturated carbocycles. The fourth-order valence-electron chi connectivity index (χ4n) is 2.38. The summed E-state index contributed by atoms with van der Waals surface area (Å²) in [4.78, 5) is 13.5. The van der Waals surface area contributed by atoms with E-state index in [4.69, 9.17) is 9.15 Å². The highest BCUT2D eigenvalue weighted by molar-refractivity contribution is 7.09. The number of hydrogen-bond donors (Lipinski definition) is 1. The first-order chi connectivity index (χ1) is 10.7. The van der Waals surface area contributed by atoms with E-state index >= 15 is 0 Å². The van der Waals surface area contributed by atoms with Gasteiger partial charge < -0.3 is 14.5 Å².